The van der Waals surface area contributed by atoms with E-state index in [2.05, 4.69) is 91.9 Å². The summed E-state index contributed by atoms with van der Waals surface area (Å²) in [6.07, 6.45) is 3.23. The van der Waals surface area contributed by atoms with Crippen LogP contribution >= 0.6 is 0 Å². The molecule has 29 heavy (non-hydrogen) atoms. The molecule has 0 aromatic heterocycles. The number of rotatable bonds is 2. The minimum Gasteiger partial charge on any atom is -0.0619 e. The summed E-state index contributed by atoms with van der Waals surface area (Å²) in [5.41, 5.74) is 14.7. The fourth-order valence-corrected chi connectivity index (χ4v) is 5.48. The predicted octanol–water partition coefficient (Wildman–Crippen LogP) is 7.18. The van der Waals surface area contributed by atoms with Crippen LogP contribution in [0.1, 0.15) is 46.2 Å². The van der Waals surface area contributed by atoms with Crippen LogP contribution in [-0.4, -0.2) is 0 Å². The van der Waals surface area contributed by atoms with Crippen molar-refractivity contribution in [2.24, 2.45) is 0 Å². The fraction of sp³-hybridized carbons (Fsp3) is 0.172. The van der Waals surface area contributed by atoms with Gasteiger partial charge in [-0.2, -0.15) is 0 Å². The van der Waals surface area contributed by atoms with E-state index in [-0.39, 0.29) is 0 Å². The van der Waals surface area contributed by atoms with Crippen LogP contribution in [0.5, 0.6) is 0 Å². The Morgan fingerprint density at radius 3 is 2.07 bits per heavy atom. The summed E-state index contributed by atoms with van der Waals surface area (Å²) in [6, 6.07) is 31.6. The monoisotopic (exact) mass is 372 g/mol. The molecule has 1 unspecified atom stereocenters. The van der Waals surface area contributed by atoms with Crippen LogP contribution in [0.3, 0.4) is 0 Å². The third kappa shape index (κ3) is 2.59. The van der Waals surface area contributed by atoms with Crippen LogP contribution in [0.4, 0.5) is 0 Å². The van der Waals surface area contributed by atoms with Crippen molar-refractivity contribution in [3.05, 3.63) is 118 Å². The van der Waals surface area contributed by atoms with Crippen LogP contribution in [-0.2, 0) is 19.3 Å². The van der Waals surface area contributed by atoms with Gasteiger partial charge in [-0.1, -0.05) is 91.9 Å². The van der Waals surface area contributed by atoms with Gasteiger partial charge in [0.15, 0.2) is 0 Å². The van der Waals surface area contributed by atoms with Crippen molar-refractivity contribution in [2.45, 2.75) is 32.1 Å². The highest BCUT2D eigenvalue weighted by Crippen LogP contribution is 2.42. The maximum atomic E-state index is 2.37. The lowest BCUT2D eigenvalue weighted by atomic mass is 9.77. The molecular weight excluding hydrogens is 348 g/mol. The summed E-state index contributed by atoms with van der Waals surface area (Å²) in [5.74, 6) is 0.575. The molecule has 2 aliphatic carbocycles. The van der Waals surface area contributed by atoms with Crippen molar-refractivity contribution in [3.63, 3.8) is 0 Å². The van der Waals surface area contributed by atoms with Gasteiger partial charge in [-0.25, -0.2) is 0 Å². The molecule has 6 rings (SSSR count). The Bertz CT molecular complexity index is 1240. The van der Waals surface area contributed by atoms with E-state index in [1.54, 1.807) is 5.56 Å². The van der Waals surface area contributed by atoms with Crippen molar-refractivity contribution in [1.82, 2.24) is 0 Å². The predicted molar refractivity (Wildman–Crippen MR) is 121 cm³/mol. The van der Waals surface area contributed by atoms with Gasteiger partial charge in [0.1, 0.15) is 0 Å². The van der Waals surface area contributed by atoms with Crippen molar-refractivity contribution in [2.75, 3.05) is 0 Å². The summed E-state index contributed by atoms with van der Waals surface area (Å²) in [7, 11) is 0. The van der Waals surface area contributed by atoms with Crippen molar-refractivity contribution < 1.29 is 0 Å². The molecule has 140 valence electrons. The van der Waals surface area contributed by atoms with Gasteiger partial charge in [0.05, 0.1) is 0 Å². The molecule has 0 N–H and O–H groups in total. The zero-order valence-electron chi connectivity index (χ0n) is 16.8. The third-order valence-electron chi connectivity index (χ3n) is 6.89. The highest BCUT2D eigenvalue weighted by Gasteiger charge is 2.25. The van der Waals surface area contributed by atoms with Gasteiger partial charge in [-0.05, 0) is 80.8 Å². The molecule has 0 fully saturated rings. The fourth-order valence-electron chi connectivity index (χ4n) is 5.48. The molecule has 0 nitrogen and oxygen atoms in total. The van der Waals surface area contributed by atoms with E-state index in [1.807, 2.05) is 0 Å². The van der Waals surface area contributed by atoms with E-state index in [4.69, 9.17) is 0 Å². The maximum Gasteiger partial charge on any atom is -0.00106 e. The Hall–Kier alpha value is -3.12. The van der Waals surface area contributed by atoms with Crippen LogP contribution in [0.25, 0.3) is 22.3 Å². The molecule has 0 amide bonds. The minimum atomic E-state index is 0.575. The molecule has 0 radical (unpaired) electrons. The maximum absolute atomic E-state index is 2.37. The molecule has 0 spiro atoms. The van der Waals surface area contributed by atoms with Gasteiger partial charge in [0, 0.05) is 0 Å². The first-order valence-electron chi connectivity index (χ1n) is 10.7. The van der Waals surface area contributed by atoms with Crippen LogP contribution in [0.15, 0.2) is 84.9 Å². The van der Waals surface area contributed by atoms with Crippen LogP contribution in [0, 0.1) is 0 Å². The second-order valence-electron chi connectivity index (χ2n) is 8.59. The second kappa shape index (κ2) is 6.46. The number of benzene rings is 4. The lowest BCUT2D eigenvalue weighted by Crippen LogP contribution is -2.11. The molecular formula is C29H24. The Labute approximate surface area is 172 Å². The van der Waals surface area contributed by atoms with E-state index in [9.17, 15) is 0 Å². The number of hydrogen-bond acceptors (Lipinski definition) is 0. The standard InChI is InChI=1S/C29H24/c1-19-16-28-20(9-7-15-27(28)25-13-5-4-11-23(19)25)17-21-10-6-14-26-24-12-3-2-8-22(24)18-29(21)26/h2-15,19H,16-18H2,1H3. The van der Waals surface area contributed by atoms with Gasteiger partial charge in [0.2, 0.25) is 0 Å². The molecule has 0 saturated carbocycles. The number of fused-ring (bicyclic) bond motifs is 6. The van der Waals surface area contributed by atoms with E-state index in [0.29, 0.717) is 5.92 Å². The summed E-state index contributed by atoms with van der Waals surface area (Å²) in [5, 5.41) is 0. The van der Waals surface area contributed by atoms with Crippen molar-refractivity contribution >= 4 is 0 Å². The SMILES string of the molecule is CC1Cc2c(Cc3cccc4c3Cc3ccccc3-4)cccc2-c2ccccc21. The summed E-state index contributed by atoms with van der Waals surface area (Å²) in [6.45, 7) is 2.37. The minimum absolute atomic E-state index is 0.575. The molecule has 0 aliphatic heterocycles. The molecule has 4 aromatic rings. The van der Waals surface area contributed by atoms with E-state index in [0.717, 1.165) is 19.3 Å². The molecule has 0 saturated heterocycles. The Morgan fingerprint density at radius 2 is 1.24 bits per heavy atom. The highest BCUT2D eigenvalue weighted by atomic mass is 14.3. The molecule has 0 heterocycles. The van der Waals surface area contributed by atoms with Crippen LogP contribution < -0.4 is 0 Å². The number of hydrogen-bond donors (Lipinski definition) is 0. The van der Waals surface area contributed by atoms with Gasteiger partial charge >= 0.3 is 0 Å². The van der Waals surface area contributed by atoms with Gasteiger partial charge in [-0.15, -0.1) is 0 Å². The molecule has 4 aromatic carbocycles. The van der Waals surface area contributed by atoms with E-state index in [1.165, 1.54) is 50.1 Å². The highest BCUT2D eigenvalue weighted by molar-refractivity contribution is 5.79. The average Bonchev–Trinajstić information content (AvgIpc) is 3.14. The first kappa shape index (κ1) is 16.8. The topological polar surface area (TPSA) is 0 Å². The lowest BCUT2D eigenvalue weighted by Gasteiger charge is -2.27. The zero-order valence-corrected chi connectivity index (χ0v) is 16.8. The van der Waals surface area contributed by atoms with Crippen molar-refractivity contribution in [3.8, 4) is 22.3 Å². The lowest BCUT2D eigenvalue weighted by molar-refractivity contribution is 0.742. The first-order valence-corrected chi connectivity index (χ1v) is 10.7. The average molecular weight is 373 g/mol. The third-order valence-corrected chi connectivity index (χ3v) is 6.89. The normalized spacial score (nSPS) is 16.0. The largest absolute Gasteiger partial charge is 0.0619 e. The zero-order chi connectivity index (χ0) is 19.4. The van der Waals surface area contributed by atoms with Crippen molar-refractivity contribution in [1.29, 1.82) is 0 Å². The molecule has 1 atom stereocenters. The summed E-state index contributed by atoms with van der Waals surface area (Å²) >= 11 is 0. The quantitative estimate of drug-likeness (QED) is 0.308. The van der Waals surface area contributed by atoms with Gasteiger partial charge in [-0.3, -0.25) is 0 Å². The molecule has 0 bridgehead atoms. The Kier molecular flexibility index (Phi) is 3.74. The Morgan fingerprint density at radius 1 is 0.621 bits per heavy atom. The smallest absolute Gasteiger partial charge is 0.00106 e. The molecule has 2 aliphatic rings. The molecule has 0 heteroatoms. The van der Waals surface area contributed by atoms with E-state index < -0.39 is 0 Å². The van der Waals surface area contributed by atoms with E-state index >= 15 is 0 Å². The van der Waals surface area contributed by atoms with Gasteiger partial charge < -0.3 is 0 Å². The first-order chi connectivity index (χ1) is 14.3. The second-order valence-corrected chi connectivity index (χ2v) is 8.59. The summed E-state index contributed by atoms with van der Waals surface area (Å²) < 4.78 is 0. The Balaban J connectivity index is 1.45. The summed E-state index contributed by atoms with van der Waals surface area (Å²) in [4.78, 5) is 0. The van der Waals surface area contributed by atoms with Gasteiger partial charge in [0.25, 0.3) is 0 Å². The van der Waals surface area contributed by atoms with Crippen LogP contribution in [0.2, 0.25) is 0 Å².